The summed E-state index contributed by atoms with van der Waals surface area (Å²) in [4.78, 5) is 20.9. The van der Waals surface area contributed by atoms with Crippen LogP contribution in [0.2, 0.25) is 0 Å². The van der Waals surface area contributed by atoms with Crippen LogP contribution >= 0.6 is 15.9 Å². The average Bonchev–Trinajstić information content (AvgIpc) is 2.19. The molecule has 80 valence electrons. The topological polar surface area (TPSA) is 86.2 Å². The van der Waals surface area contributed by atoms with E-state index in [0.29, 0.717) is 6.07 Å². The van der Waals surface area contributed by atoms with E-state index in [4.69, 9.17) is 5.73 Å². The van der Waals surface area contributed by atoms with Crippen LogP contribution < -0.4 is 5.73 Å². The standard InChI is InChI=1S/C8H6BrFN2O3/c9-3-7(13)5-1-4(10)2-6(8(5)11)12(14)15/h1-2H,3,11H2. The van der Waals surface area contributed by atoms with Crippen molar-refractivity contribution in [2.45, 2.75) is 0 Å². The number of ketones is 1. The molecule has 0 saturated carbocycles. The van der Waals surface area contributed by atoms with Gasteiger partial charge >= 0.3 is 0 Å². The third-order valence-electron chi connectivity index (χ3n) is 1.74. The second-order valence-corrected chi connectivity index (χ2v) is 3.26. The Morgan fingerprint density at radius 3 is 2.67 bits per heavy atom. The van der Waals surface area contributed by atoms with Crippen LogP contribution in [0, 0.1) is 15.9 Å². The smallest absolute Gasteiger partial charge is 0.295 e. The lowest BCUT2D eigenvalue weighted by molar-refractivity contribution is -0.384. The maximum atomic E-state index is 12.9. The van der Waals surface area contributed by atoms with Gasteiger partial charge in [-0.15, -0.1) is 0 Å². The predicted molar refractivity (Wildman–Crippen MR) is 55.6 cm³/mol. The molecule has 0 aliphatic carbocycles. The Hall–Kier alpha value is -1.50. The van der Waals surface area contributed by atoms with Gasteiger partial charge in [-0.2, -0.15) is 0 Å². The molecule has 0 atom stereocenters. The number of nitrogens with two attached hydrogens (primary N) is 1. The van der Waals surface area contributed by atoms with E-state index >= 15 is 0 Å². The number of hydrogen-bond donors (Lipinski definition) is 1. The normalized spacial score (nSPS) is 10.0. The van der Waals surface area contributed by atoms with Crippen molar-refractivity contribution in [3.8, 4) is 0 Å². The van der Waals surface area contributed by atoms with Crippen LogP contribution in [-0.4, -0.2) is 16.0 Å². The zero-order chi connectivity index (χ0) is 11.6. The first kappa shape index (κ1) is 11.6. The molecule has 0 radical (unpaired) electrons. The molecule has 0 aromatic heterocycles. The van der Waals surface area contributed by atoms with Gasteiger partial charge in [-0.1, -0.05) is 15.9 Å². The Kier molecular flexibility index (Phi) is 3.35. The van der Waals surface area contributed by atoms with Gasteiger partial charge in [0.15, 0.2) is 5.78 Å². The van der Waals surface area contributed by atoms with Crippen molar-refractivity contribution in [2.24, 2.45) is 0 Å². The van der Waals surface area contributed by atoms with Crippen LogP contribution in [0.3, 0.4) is 0 Å². The molecule has 2 N–H and O–H groups in total. The number of nitro groups is 1. The van der Waals surface area contributed by atoms with Crippen LogP contribution in [0.15, 0.2) is 12.1 Å². The molecule has 0 spiro atoms. The summed E-state index contributed by atoms with van der Waals surface area (Å²) in [6.07, 6.45) is 0. The van der Waals surface area contributed by atoms with E-state index in [1.807, 2.05) is 0 Å². The summed E-state index contributed by atoms with van der Waals surface area (Å²) in [5.41, 5.74) is 4.29. The first-order valence-electron chi connectivity index (χ1n) is 3.80. The molecule has 1 aromatic carbocycles. The number of rotatable bonds is 3. The van der Waals surface area contributed by atoms with Crippen molar-refractivity contribution in [3.63, 3.8) is 0 Å². The predicted octanol–water partition coefficient (Wildman–Crippen LogP) is 1.89. The number of carbonyl (C=O) groups excluding carboxylic acids is 1. The van der Waals surface area contributed by atoms with Crippen LogP contribution in [-0.2, 0) is 0 Å². The first-order chi connectivity index (χ1) is 6.97. The van der Waals surface area contributed by atoms with Gasteiger partial charge in [-0.3, -0.25) is 14.9 Å². The molecule has 1 aromatic rings. The molecule has 0 aliphatic heterocycles. The molecule has 0 aliphatic rings. The molecule has 7 heteroatoms. The van der Waals surface area contributed by atoms with Gasteiger partial charge in [0.1, 0.15) is 11.5 Å². The number of anilines is 1. The lowest BCUT2D eigenvalue weighted by Gasteiger charge is -2.03. The molecule has 0 unspecified atom stereocenters. The minimum atomic E-state index is -0.861. The monoisotopic (exact) mass is 276 g/mol. The highest BCUT2D eigenvalue weighted by Gasteiger charge is 2.20. The van der Waals surface area contributed by atoms with Crippen molar-refractivity contribution in [1.82, 2.24) is 0 Å². The number of nitrogens with zero attached hydrogens (tertiary/aromatic N) is 1. The number of alkyl halides is 1. The fourth-order valence-corrected chi connectivity index (χ4v) is 1.36. The summed E-state index contributed by atoms with van der Waals surface area (Å²) in [5.74, 6) is -1.37. The number of hydrogen-bond acceptors (Lipinski definition) is 4. The zero-order valence-electron chi connectivity index (χ0n) is 7.37. The van der Waals surface area contributed by atoms with E-state index in [1.165, 1.54) is 0 Å². The van der Waals surface area contributed by atoms with Crippen LogP contribution in [0.25, 0.3) is 0 Å². The molecule has 0 fully saturated rings. The Morgan fingerprint density at radius 2 is 2.20 bits per heavy atom. The van der Waals surface area contributed by atoms with Gasteiger partial charge in [0, 0.05) is 0 Å². The van der Waals surface area contributed by atoms with Crippen molar-refractivity contribution >= 4 is 33.1 Å². The fraction of sp³-hybridized carbons (Fsp3) is 0.125. The van der Waals surface area contributed by atoms with E-state index in [0.717, 1.165) is 6.07 Å². The van der Waals surface area contributed by atoms with Gasteiger partial charge < -0.3 is 5.73 Å². The molecular formula is C8H6BrFN2O3. The van der Waals surface area contributed by atoms with E-state index in [-0.39, 0.29) is 16.6 Å². The van der Waals surface area contributed by atoms with Crippen molar-refractivity contribution in [1.29, 1.82) is 0 Å². The Balaban J connectivity index is 3.41. The average molecular weight is 277 g/mol. The molecule has 0 bridgehead atoms. The van der Waals surface area contributed by atoms with Gasteiger partial charge in [-0.05, 0) is 6.07 Å². The number of benzene rings is 1. The van der Waals surface area contributed by atoms with E-state index in [1.54, 1.807) is 0 Å². The van der Waals surface area contributed by atoms with Crippen LogP contribution in [0.5, 0.6) is 0 Å². The molecule has 0 amide bonds. The second kappa shape index (κ2) is 4.35. The second-order valence-electron chi connectivity index (χ2n) is 2.70. The van der Waals surface area contributed by atoms with Gasteiger partial charge in [0.05, 0.1) is 21.9 Å². The van der Waals surface area contributed by atoms with Crippen molar-refractivity contribution in [3.05, 3.63) is 33.6 Å². The quantitative estimate of drug-likeness (QED) is 0.300. The summed E-state index contributed by atoms with van der Waals surface area (Å²) < 4.78 is 12.9. The van der Waals surface area contributed by atoms with Crippen molar-refractivity contribution < 1.29 is 14.1 Å². The van der Waals surface area contributed by atoms with Crippen LogP contribution in [0.1, 0.15) is 10.4 Å². The number of halogens is 2. The lowest BCUT2D eigenvalue weighted by Crippen LogP contribution is -2.08. The molecule has 0 heterocycles. The lowest BCUT2D eigenvalue weighted by atomic mass is 10.1. The zero-order valence-corrected chi connectivity index (χ0v) is 8.95. The summed E-state index contributed by atoms with van der Waals surface area (Å²) in [6, 6.07) is 1.56. The van der Waals surface area contributed by atoms with Gasteiger partial charge in [0.2, 0.25) is 0 Å². The Labute approximate surface area is 92.3 Å². The number of nitrogen functional groups attached to an aromatic ring is 1. The van der Waals surface area contributed by atoms with Crippen LogP contribution in [0.4, 0.5) is 15.8 Å². The highest BCUT2D eigenvalue weighted by atomic mass is 79.9. The highest BCUT2D eigenvalue weighted by molar-refractivity contribution is 9.09. The fourth-order valence-electron chi connectivity index (χ4n) is 1.06. The van der Waals surface area contributed by atoms with E-state index in [9.17, 15) is 19.3 Å². The number of nitro benzene ring substituents is 1. The minimum Gasteiger partial charge on any atom is -0.393 e. The molecule has 1 rings (SSSR count). The molecule has 0 saturated heterocycles. The highest BCUT2D eigenvalue weighted by Crippen LogP contribution is 2.27. The molecular weight excluding hydrogens is 271 g/mol. The first-order valence-corrected chi connectivity index (χ1v) is 4.92. The summed E-state index contributed by atoms with van der Waals surface area (Å²) in [6.45, 7) is 0. The maximum Gasteiger partial charge on any atom is 0.295 e. The Bertz CT molecular complexity index is 436. The largest absolute Gasteiger partial charge is 0.393 e. The number of carbonyl (C=O) groups is 1. The maximum absolute atomic E-state index is 12.9. The van der Waals surface area contributed by atoms with E-state index in [2.05, 4.69) is 15.9 Å². The SMILES string of the molecule is Nc1c(C(=O)CBr)cc(F)cc1[N+](=O)[O-]. The van der Waals surface area contributed by atoms with Gasteiger partial charge in [0.25, 0.3) is 5.69 Å². The summed E-state index contributed by atoms with van der Waals surface area (Å²) >= 11 is 2.87. The summed E-state index contributed by atoms with van der Waals surface area (Å²) in [5, 5.41) is 10.4. The third kappa shape index (κ3) is 2.30. The molecule has 5 nitrogen and oxygen atoms in total. The minimum absolute atomic E-state index is 0.0716. The Morgan fingerprint density at radius 1 is 1.60 bits per heavy atom. The molecule has 15 heavy (non-hydrogen) atoms. The third-order valence-corrected chi connectivity index (χ3v) is 2.25. The summed E-state index contributed by atoms with van der Waals surface area (Å²) in [7, 11) is 0. The van der Waals surface area contributed by atoms with Gasteiger partial charge in [-0.25, -0.2) is 4.39 Å². The van der Waals surface area contributed by atoms with Crippen molar-refractivity contribution in [2.75, 3.05) is 11.1 Å². The number of Topliss-reactive ketones (excluding diaryl/α,β-unsaturated/α-hetero) is 1. The van der Waals surface area contributed by atoms with E-state index < -0.39 is 22.2 Å².